The van der Waals surface area contributed by atoms with E-state index >= 15 is 0 Å². The average Bonchev–Trinajstić information content (AvgIpc) is 2.77. The molecule has 5 heteroatoms. The fourth-order valence-corrected chi connectivity index (χ4v) is 3.46. The first kappa shape index (κ1) is 16.1. The Morgan fingerprint density at radius 2 is 2.00 bits per heavy atom. The first-order chi connectivity index (χ1) is 9.74. The van der Waals surface area contributed by atoms with Gasteiger partial charge in [-0.25, -0.2) is 4.79 Å². The third-order valence-corrected chi connectivity index (χ3v) is 4.26. The molecular weight excluding hydrogens is 286 g/mol. The molecule has 2 heterocycles. The number of benzene rings is 1. The molecule has 1 unspecified atom stereocenters. The van der Waals surface area contributed by atoms with E-state index in [0.29, 0.717) is 6.04 Å². The van der Waals surface area contributed by atoms with Gasteiger partial charge >= 0.3 is 5.69 Å². The van der Waals surface area contributed by atoms with Crippen molar-refractivity contribution in [2.45, 2.75) is 45.7 Å². The Morgan fingerprint density at radius 3 is 2.67 bits per heavy atom. The summed E-state index contributed by atoms with van der Waals surface area (Å²) < 4.78 is 1.93. The monoisotopic (exact) mass is 309 g/mol. The summed E-state index contributed by atoms with van der Waals surface area (Å²) in [5.74, 6) is 0. The topological polar surface area (TPSA) is 41.0 Å². The van der Waals surface area contributed by atoms with Crippen molar-refractivity contribution in [1.82, 2.24) is 14.5 Å². The van der Waals surface area contributed by atoms with Crippen LogP contribution < -0.4 is 5.69 Å². The van der Waals surface area contributed by atoms with Crippen molar-refractivity contribution >= 4 is 23.4 Å². The smallest absolute Gasteiger partial charge is 0.306 e. The molecular formula is C16H24ClN3O. The lowest BCUT2D eigenvalue weighted by Gasteiger charge is -2.34. The Kier molecular flexibility index (Phi) is 5.12. The van der Waals surface area contributed by atoms with Crippen LogP contribution in [0.2, 0.25) is 0 Å². The van der Waals surface area contributed by atoms with Gasteiger partial charge in [-0.3, -0.25) is 9.47 Å². The van der Waals surface area contributed by atoms with E-state index in [0.717, 1.165) is 49.9 Å². The van der Waals surface area contributed by atoms with Crippen LogP contribution in [-0.2, 0) is 13.0 Å². The highest BCUT2D eigenvalue weighted by Gasteiger charge is 2.26. The summed E-state index contributed by atoms with van der Waals surface area (Å²) in [5, 5.41) is 0. The molecule has 0 saturated heterocycles. The number of aromatic nitrogens is 2. The lowest BCUT2D eigenvalue weighted by atomic mass is 9.99. The predicted molar refractivity (Wildman–Crippen MR) is 89.5 cm³/mol. The number of halogens is 1. The quantitative estimate of drug-likeness (QED) is 0.922. The van der Waals surface area contributed by atoms with Gasteiger partial charge in [0.15, 0.2) is 0 Å². The average molecular weight is 310 g/mol. The van der Waals surface area contributed by atoms with E-state index in [2.05, 4.69) is 29.8 Å². The number of imidazole rings is 1. The number of rotatable bonds is 5. The van der Waals surface area contributed by atoms with Crippen molar-refractivity contribution in [3.05, 3.63) is 34.2 Å². The van der Waals surface area contributed by atoms with Gasteiger partial charge < -0.3 is 4.98 Å². The molecule has 0 amide bonds. The molecule has 1 aliphatic rings. The fourth-order valence-electron chi connectivity index (χ4n) is 3.46. The summed E-state index contributed by atoms with van der Waals surface area (Å²) in [4.78, 5) is 17.6. The molecule has 0 spiro atoms. The number of aromatic amines is 1. The van der Waals surface area contributed by atoms with Crippen LogP contribution in [0.4, 0.5) is 0 Å². The Bertz CT molecular complexity index is 655. The third kappa shape index (κ3) is 2.87. The summed E-state index contributed by atoms with van der Waals surface area (Å²) in [6, 6.07) is 6.65. The summed E-state index contributed by atoms with van der Waals surface area (Å²) >= 11 is 0. The number of hydrogen-bond donors (Lipinski definition) is 1. The van der Waals surface area contributed by atoms with Crippen molar-refractivity contribution in [1.29, 1.82) is 0 Å². The zero-order valence-corrected chi connectivity index (χ0v) is 13.6. The molecule has 21 heavy (non-hydrogen) atoms. The Hall–Kier alpha value is -1.26. The summed E-state index contributed by atoms with van der Waals surface area (Å²) in [7, 11) is 0. The second-order valence-electron chi connectivity index (χ2n) is 5.75. The minimum atomic E-state index is 0. The van der Waals surface area contributed by atoms with Crippen molar-refractivity contribution < 1.29 is 0 Å². The van der Waals surface area contributed by atoms with E-state index in [1.165, 1.54) is 5.56 Å². The minimum Gasteiger partial charge on any atom is -0.306 e. The highest BCUT2D eigenvalue weighted by atomic mass is 35.5. The second kappa shape index (κ2) is 6.67. The van der Waals surface area contributed by atoms with E-state index in [1.54, 1.807) is 0 Å². The maximum absolute atomic E-state index is 12.1. The molecule has 0 bridgehead atoms. The molecule has 0 fully saturated rings. The predicted octanol–water partition coefficient (Wildman–Crippen LogP) is 2.80. The van der Waals surface area contributed by atoms with Crippen LogP contribution in [-0.4, -0.2) is 33.6 Å². The van der Waals surface area contributed by atoms with Gasteiger partial charge in [-0.05, 0) is 44.0 Å². The molecule has 1 aliphatic heterocycles. The summed E-state index contributed by atoms with van der Waals surface area (Å²) in [6.45, 7) is 7.49. The van der Waals surface area contributed by atoms with Gasteiger partial charge in [-0.15, -0.1) is 12.4 Å². The minimum absolute atomic E-state index is 0. The number of hydrogen-bond acceptors (Lipinski definition) is 2. The van der Waals surface area contributed by atoms with Gasteiger partial charge in [0.25, 0.3) is 0 Å². The Morgan fingerprint density at radius 1 is 1.29 bits per heavy atom. The lowest BCUT2D eigenvalue weighted by Crippen LogP contribution is -2.44. The highest BCUT2D eigenvalue weighted by Crippen LogP contribution is 2.25. The second-order valence-corrected chi connectivity index (χ2v) is 5.75. The van der Waals surface area contributed by atoms with E-state index in [-0.39, 0.29) is 18.1 Å². The van der Waals surface area contributed by atoms with Gasteiger partial charge in [-0.1, -0.05) is 26.0 Å². The van der Waals surface area contributed by atoms with E-state index in [9.17, 15) is 4.79 Å². The van der Waals surface area contributed by atoms with Gasteiger partial charge in [0.05, 0.1) is 11.0 Å². The van der Waals surface area contributed by atoms with Crippen LogP contribution in [0.5, 0.6) is 0 Å². The van der Waals surface area contributed by atoms with Crippen LogP contribution in [0.3, 0.4) is 0 Å². The molecule has 4 nitrogen and oxygen atoms in total. The van der Waals surface area contributed by atoms with Crippen LogP contribution in [0.15, 0.2) is 23.0 Å². The number of para-hydroxylation sites is 1. The highest BCUT2D eigenvalue weighted by molar-refractivity contribution is 5.85. The van der Waals surface area contributed by atoms with Gasteiger partial charge in [0.1, 0.15) is 0 Å². The molecule has 0 radical (unpaired) electrons. The fraction of sp³-hybridized carbons (Fsp3) is 0.562. The van der Waals surface area contributed by atoms with Gasteiger partial charge in [-0.2, -0.15) is 0 Å². The van der Waals surface area contributed by atoms with E-state index < -0.39 is 0 Å². The van der Waals surface area contributed by atoms with E-state index in [4.69, 9.17) is 0 Å². The summed E-state index contributed by atoms with van der Waals surface area (Å²) in [5.41, 5.74) is 3.42. The van der Waals surface area contributed by atoms with Crippen molar-refractivity contribution in [3.8, 4) is 0 Å². The Balaban J connectivity index is 0.00000161. The van der Waals surface area contributed by atoms with Gasteiger partial charge in [0, 0.05) is 12.6 Å². The number of nitrogens with one attached hydrogen (secondary N) is 1. The molecule has 3 rings (SSSR count). The molecule has 1 N–H and O–H groups in total. The number of nitrogens with zero attached hydrogens (tertiary/aromatic N) is 2. The lowest BCUT2D eigenvalue weighted by molar-refractivity contribution is 0.173. The molecule has 1 aromatic heterocycles. The van der Waals surface area contributed by atoms with E-state index in [1.807, 2.05) is 16.7 Å². The third-order valence-electron chi connectivity index (χ3n) is 4.26. The van der Waals surface area contributed by atoms with Crippen molar-refractivity contribution in [2.24, 2.45) is 0 Å². The molecule has 2 aromatic rings. The van der Waals surface area contributed by atoms with Crippen molar-refractivity contribution in [3.63, 3.8) is 0 Å². The van der Waals surface area contributed by atoms with Crippen LogP contribution in [0.25, 0.3) is 11.0 Å². The number of H-pyrrole nitrogens is 1. The normalized spacial score (nSPS) is 17.2. The maximum atomic E-state index is 12.1. The molecule has 0 saturated carbocycles. The van der Waals surface area contributed by atoms with Gasteiger partial charge in [0.2, 0.25) is 0 Å². The summed E-state index contributed by atoms with van der Waals surface area (Å²) in [6.07, 6.45) is 3.37. The molecule has 0 aliphatic carbocycles. The SMILES string of the molecule is CCCN(CCC)C1Cc2cccc3[nH]c(=O)n(c23)C1.Cl. The van der Waals surface area contributed by atoms with Crippen molar-refractivity contribution in [2.75, 3.05) is 13.1 Å². The Labute approximate surface area is 131 Å². The maximum Gasteiger partial charge on any atom is 0.326 e. The molecule has 1 atom stereocenters. The largest absolute Gasteiger partial charge is 0.326 e. The first-order valence-corrected chi connectivity index (χ1v) is 7.69. The molecule has 116 valence electrons. The van der Waals surface area contributed by atoms with Crippen LogP contribution in [0.1, 0.15) is 32.3 Å². The van der Waals surface area contributed by atoms with Crippen LogP contribution >= 0.6 is 12.4 Å². The standard InChI is InChI=1S/C16H23N3O.ClH/c1-3-8-18(9-4-2)13-10-12-6-5-7-14-15(12)19(11-13)16(20)17-14;/h5-7,13H,3-4,8-11H2,1-2H3,(H,17,20);1H. The van der Waals surface area contributed by atoms with Crippen LogP contribution in [0, 0.1) is 0 Å². The first-order valence-electron chi connectivity index (χ1n) is 7.69. The zero-order valence-electron chi connectivity index (χ0n) is 12.8. The zero-order chi connectivity index (χ0) is 14.1. The molecule has 1 aromatic carbocycles.